The number of hydrogen-bond acceptors (Lipinski definition) is 1. The van der Waals surface area contributed by atoms with Gasteiger partial charge in [-0.15, -0.1) is 0 Å². The van der Waals surface area contributed by atoms with Gasteiger partial charge in [0.25, 0.3) is 0 Å². The summed E-state index contributed by atoms with van der Waals surface area (Å²) in [6.07, 6.45) is 1.89. The Morgan fingerprint density at radius 2 is 1.54 bits per heavy atom. The topological polar surface area (TPSA) is 17.3 Å². The van der Waals surface area contributed by atoms with Crippen LogP contribution in [-0.4, -0.2) is 9.38 Å². The van der Waals surface area contributed by atoms with E-state index >= 15 is 0 Å². The molecule has 37 heavy (non-hydrogen) atoms. The Balaban J connectivity index is 1.64. The smallest absolute Gasteiger partial charge is 0.146 e. The molecule has 0 spiro atoms. The van der Waals surface area contributed by atoms with Crippen LogP contribution in [0, 0.1) is 27.7 Å². The number of aryl methyl sites for hydroxylation is 4. The first-order valence-electron chi connectivity index (χ1n) is 13.4. The molecule has 1 atom stereocenters. The number of nitrogens with zero attached hydrogens (tertiary/aromatic N) is 2. The van der Waals surface area contributed by atoms with Crippen molar-refractivity contribution in [2.24, 2.45) is 0 Å². The number of aromatic nitrogens is 2. The van der Waals surface area contributed by atoms with Gasteiger partial charge in [0.15, 0.2) is 0 Å². The molecule has 7 rings (SSSR count). The molecule has 1 aliphatic heterocycles. The fourth-order valence-electron chi connectivity index (χ4n) is 6.79. The lowest BCUT2D eigenvalue weighted by Gasteiger charge is -2.22. The van der Waals surface area contributed by atoms with Gasteiger partial charge in [0.1, 0.15) is 5.65 Å². The molecule has 0 saturated heterocycles. The third kappa shape index (κ3) is 3.35. The summed E-state index contributed by atoms with van der Waals surface area (Å²) < 4.78 is 2.48. The number of fused-ring (bicyclic) bond motifs is 4. The lowest BCUT2D eigenvalue weighted by atomic mass is 9.86. The highest BCUT2D eigenvalue weighted by Crippen LogP contribution is 2.44. The number of pyridine rings is 1. The minimum Gasteiger partial charge on any atom is -0.291 e. The molecule has 0 amide bonds. The van der Waals surface area contributed by atoms with Crippen LogP contribution in [0.3, 0.4) is 0 Å². The van der Waals surface area contributed by atoms with Gasteiger partial charge in [0.2, 0.25) is 0 Å². The van der Waals surface area contributed by atoms with Crippen molar-refractivity contribution < 1.29 is 0 Å². The first-order valence-corrected chi connectivity index (χ1v) is 13.4. The molecule has 2 nitrogen and oxygen atoms in total. The second kappa shape index (κ2) is 8.05. The summed E-state index contributed by atoms with van der Waals surface area (Å²) >= 11 is 0. The first kappa shape index (κ1) is 22.3. The molecule has 2 heteroatoms. The molecule has 0 N–H and O–H groups in total. The molecule has 2 bridgehead atoms. The molecule has 0 fully saturated rings. The quantitative estimate of drug-likeness (QED) is 0.231. The fraction of sp³-hybridized carbons (Fsp3) is 0.229. The van der Waals surface area contributed by atoms with Gasteiger partial charge in [-0.25, -0.2) is 4.98 Å². The van der Waals surface area contributed by atoms with Crippen molar-refractivity contribution >= 4 is 27.3 Å². The van der Waals surface area contributed by atoms with Gasteiger partial charge in [-0.2, -0.15) is 0 Å². The Kier molecular flexibility index (Phi) is 4.85. The first-order chi connectivity index (χ1) is 17.9. The highest BCUT2D eigenvalue weighted by atomic mass is 15.0. The second-order valence-electron chi connectivity index (χ2n) is 11.2. The van der Waals surface area contributed by atoms with Crippen LogP contribution in [0.2, 0.25) is 0 Å². The number of benzene rings is 4. The van der Waals surface area contributed by atoms with Crippen LogP contribution < -0.4 is 0 Å². The number of rotatable bonds is 3. The van der Waals surface area contributed by atoms with E-state index in [0.29, 0.717) is 5.92 Å². The van der Waals surface area contributed by atoms with Gasteiger partial charge in [0.05, 0.1) is 16.9 Å². The van der Waals surface area contributed by atoms with Gasteiger partial charge < -0.3 is 0 Å². The lowest BCUT2D eigenvalue weighted by molar-refractivity contribution is 0.755. The third-order valence-corrected chi connectivity index (χ3v) is 8.28. The molecule has 6 aromatic rings. The molecular weight excluding hydrogens is 448 g/mol. The van der Waals surface area contributed by atoms with Gasteiger partial charge in [-0.3, -0.25) is 4.40 Å². The van der Waals surface area contributed by atoms with Crippen LogP contribution in [0.15, 0.2) is 72.8 Å². The number of imidazole rings is 1. The average Bonchev–Trinajstić information content (AvgIpc) is 3.14. The average molecular weight is 481 g/mol. The van der Waals surface area contributed by atoms with E-state index in [1.54, 1.807) is 0 Å². The summed E-state index contributed by atoms with van der Waals surface area (Å²) in [6.45, 7) is 11.3. The molecule has 1 aliphatic rings. The normalized spacial score (nSPS) is 14.9. The summed E-state index contributed by atoms with van der Waals surface area (Å²) in [5.41, 5.74) is 15.6. The van der Waals surface area contributed by atoms with Crippen molar-refractivity contribution in [3.05, 3.63) is 117 Å². The van der Waals surface area contributed by atoms with Crippen molar-refractivity contribution in [1.29, 1.82) is 0 Å². The Bertz CT molecular complexity index is 1850. The van der Waals surface area contributed by atoms with E-state index < -0.39 is 0 Å². The van der Waals surface area contributed by atoms with Crippen LogP contribution in [-0.2, 0) is 12.8 Å². The molecule has 2 aromatic heterocycles. The zero-order valence-corrected chi connectivity index (χ0v) is 22.3. The van der Waals surface area contributed by atoms with E-state index in [1.165, 1.54) is 77.6 Å². The minimum atomic E-state index is 0.399. The second-order valence-corrected chi connectivity index (χ2v) is 11.2. The van der Waals surface area contributed by atoms with Crippen LogP contribution in [0.25, 0.3) is 38.6 Å². The van der Waals surface area contributed by atoms with Gasteiger partial charge in [0, 0.05) is 16.3 Å². The maximum Gasteiger partial charge on any atom is 0.146 e. The molecule has 3 heterocycles. The fourth-order valence-corrected chi connectivity index (χ4v) is 6.79. The van der Waals surface area contributed by atoms with E-state index in [0.717, 1.165) is 18.5 Å². The standard InChI is InChI=1S/C35H32N2/c1-20-11-12-27-29-19-26(17-25-9-7-6-8-10-25)18-28-22(3)16-30-34(32-23(4)13-21(2)14-24(32)5)37(31(27)15-20)35(36-30)33(28)29/h6-15,18-19,22H,16-17H2,1-5H3. The van der Waals surface area contributed by atoms with E-state index in [-0.39, 0.29) is 0 Å². The Labute approximate surface area is 218 Å². The Hall–Kier alpha value is -3.91. The maximum absolute atomic E-state index is 5.40. The molecule has 182 valence electrons. The van der Waals surface area contributed by atoms with Crippen LogP contribution in [0.5, 0.6) is 0 Å². The highest BCUT2D eigenvalue weighted by molar-refractivity contribution is 6.14. The molecule has 0 radical (unpaired) electrons. The van der Waals surface area contributed by atoms with Gasteiger partial charge >= 0.3 is 0 Å². The van der Waals surface area contributed by atoms with Crippen molar-refractivity contribution in [2.45, 2.75) is 53.4 Å². The predicted molar refractivity (Wildman–Crippen MR) is 156 cm³/mol. The third-order valence-electron chi connectivity index (χ3n) is 8.28. The summed E-state index contributed by atoms with van der Waals surface area (Å²) in [5, 5.41) is 3.97. The molecule has 0 aliphatic carbocycles. The van der Waals surface area contributed by atoms with Crippen molar-refractivity contribution in [3.63, 3.8) is 0 Å². The van der Waals surface area contributed by atoms with Crippen LogP contribution >= 0.6 is 0 Å². The van der Waals surface area contributed by atoms with Crippen LogP contribution in [0.4, 0.5) is 0 Å². The summed E-state index contributed by atoms with van der Waals surface area (Å²) in [7, 11) is 0. The lowest BCUT2D eigenvalue weighted by Crippen LogP contribution is -2.07. The summed E-state index contributed by atoms with van der Waals surface area (Å²) in [5.74, 6) is 0.399. The van der Waals surface area contributed by atoms with E-state index in [2.05, 4.69) is 112 Å². The number of hydrogen-bond donors (Lipinski definition) is 0. The Morgan fingerprint density at radius 3 is 2.30 bits per heavy atom. The van der Waals surface area contributed by atoms with Crippen molar-refractivity contribution in [3.8, 4) is 11.3 Å². The minimum absolute atomic E-state index is 0.399. The monoisotopic (exact) mass is 480 g/mol. The molecular formula is C35H32N2. The largest absolute Gasteiger partial charge is 0.291 e. The Morgan fingerprint density at radius 1 is 0.784 bits per heavy atom. The van der Waals surface area contributed by atoms with Gasteiger partial charge in [-0.05, 0) is 97.4 Å². The SMILES string of the molecule is Cc1cc(C)c(-c2c3nc4c5c(cc(Cc6ccccc6)cc5c5ccc(C)cc5n24)C(C)C3)c(C)c1. The van der Waals surface area contributed by atoms with Crippen molar-refractivity contribution in [2.75, 3.05) is 0 Å². The van der Waals surface area contributed by atoms with E-state index in [9.17, 15) is 0 Å². The molecule has 0 saturated carbocycles. The predicted octanol–water partition coefficient (Wildman–Crippen LogP) is 8.79. The van der Waals surface area contributed by atoms with E-state index in [1.807, 2.05) is 0 Å². The highest BCUT2D eigenvalue weighted by Gasteiger charge is 2.28. The van der Waals surface area contributed by atoms with Crippen LogP contribution in [0.1, 0.15) is 57.5 Å². The van der Waals surface area contributed by atoms with E-state index in [4.69, 9.17) is 4.98 Å². The maximum atomic E-state index is 5.40. The van der Waals surface area contributed by atoms with Gasteiger partial charge in [-0.1, -0.05) is 73.2 Å². The molecule has 1 unspecified atom stereocenters. The zero-order chi connectivity index (χ0) is 25.4. The van der Waals surface area contributed by atoms with Crippen molar-refractivity contribution in [1.82, 2.24) is 9.38 Å². The molecule has 4 aromatic carbocycles. The summed E-state index contributed by atoms with van der Waals surface area (Å²) in [6, 6.07) is 27.3. The summed E-state index contributed by atoms with van der Waals surface area (Å²) in [4.78, 5) is 5.40. The zero-order valence-electron chi connectivity index (χ0n) is 22.3.